The van der Waals surface area contributed by atoms with Crippen molar-refractivity contribution in [2.24, 2.45) is 11.8 Å². The van der Waals surface area contributed by atoms with E-state index in [1.807, 2.05) is 37.3 Å². The predicted molar refractivity (Wildman–Crippen MR) is 145 cm³/mol. The van der Waals surface area contributed by atoms with Gasteiger partial charge in [0.1, 0.15) is 5.75 Å². The molecule has 7 nitrogen and oxygen atoms in total. The summed E-state index contributed by atoms with van der Waals surface area (Å²) >= 11 is 0. The number of para-hydroxylation sites is 1. The van der Waals surface area contributed by atoms with Crippen molar-refractivity contribution in [2.45, 2.75) is 65.3 Å². The number of nitrogens with zero attached hydrogens (tertiary/aromatic N) is 1. The van der Waals surface area contributed by atoms with Crippen molar-refractivity contribution in [2.75, 3.05) is 24.5 Å². The van der Waals surface area contributed by atoms with Gasteiger partial charge >= 0.3 is 0 Å². The van der Waals surface area contributed by atoms with E-state index >= 15 is 0 Å². The second kappa shape index (κ2) is 12.8. The standard InChI is InChI=1S/C29H41N3O3.H2O/c1-6-27(34)31-25(17-28(35)30-18-20(2)3)24-12-7-8-13-26(24)32-15-14-29(5,21(4)19-32)22-10-9-11-23(33)16-22;/h7-13,16,20-21,25,33H,6,14-15,17-19H2,1-5H3,(H,30,35)(H,31,34);1H2. The molecule has 1 aliphatic heterocycles. The second-order valence-electron chi connectivity index (χ2n) is 10.5. The first kappa shape index (κ1) is 29.2. The highest BCUT2D eigenvalue weighted by atomic mass is 16.3. The molecule has 5 N–H and O–H groups in total. The molecule has 0 spiro atoms. The average molecular weight is 498 g/mol. The number of anilines is 1. The van der Waals surface area contributed by atoms with Crippen molar-refractivity contribution in [3.8, 4) is 5.75 Å². The van der Waals surface area contributed by atoms with Gasteiger partial charge < -0.3 is 26.1 Å². The average Bonchev–Trinajstić information content (AvgIpc) is 2.84. The van der Waals surface area contributed by atoms with Gasteiger partial charge in [0.25, 0.3) is 0 Å². The lowest BCUT2D eigenvalue weighted by Gasteiger charge is -2.46. The maximum absolute atomic E-state index is 12.7. The number of amides is 2. The number of carbonyl (C=O) groups is 2. The molecule has 1 fully saturated rings. The van der Waals surface area contributed by atoms with Crippen LogP contribution >= 0.6 is 0 Å². The maximum Gasteiger partial charge on any atom is 0.222 e. The summed E-state index contributed by atoms with van der Waals surface area (Å²) in [5.41, 5.74) is 3.15. The third kappa shape index (κ3) is 7.00. The van der Waals surface area contributed by atoms with Crippen LogP contribution in [-0.2, 0) is 15.0 Å². The molecule has 0 aromatic heterocycles. The number of piperidine rings is 1. The molecule has 2 amide bonds. The summed E-state index contributed by atoms with van der Waals surface area (Å²) < 4.78 is 0. The van der Waals surface area contributed by atoms with Crippen LogP contribution in [0.2, 0.25) is 0 Å². The molecule has 1 aliphatic rings. The largest absolute Gasteiger partial charge is 0.508 e. The zero-order valence-electron chi connectivity index (χ0n) is 22.3. The number of carbonyl (C=O) groups excluding carboxylic acids is 2. The van der Waals surface area contributed by atoms with Crippen LogP contribution in [0.25, 0.3) is 0 Å². The number of hydrogen-bond acceptors (Lipinski definition) is 4. The Balaban J connectivity index is 0.00000456. The first-order valence-electron chi connectivity index (χ1n) is 12.8. The topological polar surface area (TPSA) is 113 Å². The van der Waals surface area contributed by atoms with E-state index in [0.29, 0.717) is 30.6 Å². The predicted octanol–water partition coefficient (Wildman–Crippen LogP) is 4.10. The van der Waals surface area contributed by atoms with E-state index in [1.54, 1.807) is 6.07 Å². The third-order valence-electron chi connectivity index (χ3n) is 7.39. The fourth-order valence-electron chi connectivity index (χ4n) is 4.93. The molecular formula is C29H43N3O4. The summed E-state index contributed by atoms with van der Waals surface area (Å²) in [5.74, 6) is 0.881. The lowest BCUT2D eigenvalue weighted by Crippen LogP contribution is -2.48. The molecule has 3 unspecified atom stereocenters. The van der Waals surface area contributed by atoms with Crippen LogP contribution in [0, 0.1) is 11.8 Å². The van der Waals surface area contributed by atoms with Crippen LogP contribution in [0.15, 0.2) is 48.5 Å². The molecule has 3 atom stereocenters. The van der Waals surface area contributed by atoms with E-state index in [9.17, 15) is 14.7 Å². The van der Waals surface area contributed by atoms with Gasteiger partial charge in [0, 0.05) is 31.7 Å². The first-order chi connectivity index (χ1) is 16.6. The van der Waals surface area contributed by atoms with Crippen molar-refractivity contribution >= 4 is 17.5 Å². The number of nitrogens with one attached hydrogen (secondary N) is 2. The summed E-state index contributed by atoms with van der Waals surface area (Å²) in [6.07, 6.45) is 1.52. The smallest absolute Gasteiger partial charge is 0.222 e. The molecule has 1 saturated heterocycles. The molecule has 0 aliphatic carbocycles. The van der Waals surface area contributed by atoms with Crippen molar-refractivity contribution in [3.05, 3.63) is 59.7 Å². The molecular weight excluding hydrogens is 454 g/mol. The van der Waals surface area contributed by atoms with E-state index in [2.05, 4.69) is 55.4 Å². The number of hydrogen-bond donors (Lipinski definition) is 3. The number of aromatic hydroxyl groups is 1. The van der Waals surface area contributed by atoms with Gasteiger partial charge in [-0.2, -0.15) is 0 Å². The summed E-state index contributed by atoms with van der Waals surface area (Å²) in [6, 6.07) is 15.3. The normalized spacial score (nSPS) is 20.4. The van der Waals surface area contributed by atoms with Gasteiger partial charge in [-0.25, -0.2) is 0 Å². The van der Waals surface area contributed by atoms with Gasteiger partial charge in [-0.1, -0.05) is 65.0 Å². The number of phenols is 1. The Morgan fingerprint density at radius 3 is 2.50 bits per heavy atom. The highest BCUT2D eigenvalue weighted by Gasteiger charge is 2.39. The monoisotopic (exact) mass is 497 g/mol. The second-order valence-corrected chi connectivity index (χ2v) is 10.5. The van der Waals surface area contributed by atoms with Crippen LogP contribution in [0.5, 0.6) is 5.75 Å². The Hall–Kier alpha value is -3.06. The highest BCUT2D eigenvalue weighted by Crippen LogP contribution is 2.42. The van der Waals surface area contributed by atoms with Gasteiger partial charge in [0.05, 0.1) is 12.5 Å². The summed E-state index contributed by atoms with van der Waals surface area (Å²) in [7, 11) is 0. The zero-order valence-corrected chi connectivity index (χ0v) is 22.3. The minimum atomic E-state index is -0.388. The fraction of sp³-hybridized carbons (Fsp3) is 0.517. The molecule has 2 aromatic carbocycles. The minimum absolute atomic E-state index is 0. The molecule has 0 bridgehead atoms. The molecule has 0 saturated carbocycles. The van der Waals surface area contributed by atoms with Crippen LogP contribution in [-0.4, -0.2) is 42.0 Å². The van der Waals surface area contributed by atoms with Crippen LogP contribution in [0.1, 0.15) is 71.0 Å². The number of phenolic OH excluding ortho intramolecular Hbond substituents is 1. The fourth-order valence-corrected chi connectivity index (χ4v) is 4.93. The molecule has 3 rings (SSSR count). The molecule has 2 aromatic rings. The quantitative estimate of drug-likeness (QED) is 0.484. The molecule has 198 valence electrons. The highest BCUT2D eigenvalue weighted by molar-refractivity contribution is 5.80. The van der Waals surface area contributed by atoms with Crippen LogP contribution in [0.4, 0.5) is 5.69 Å². The van der Waals surface area contributed by atoms with Gasteiger partial charge in [0.2, 0.25) is 11.8 Å². The summed E-state index contributed by atoms with van der Waals surface area (Å²) in [4.78, 5) is 27.5. The Morgan fingerprint density at radius 1 is 1.14 bits per heavy atom. The number of benzene rings is 2. The number of rotatable bonds is 9. The van der Waals surface area contributed by atoms with Gasteiger partial charge in [-0.05, 0) is 53.0 Å². The van der Waals surface area contributed by atoms with Crippen molar-refractivity contribution in [1.29, 1.82) is 0 Å². The summed E-state index contributed by atoms with van der Waals surface area (Å²) in [5, 5.41) is 16.1. The van der Waals surface area contributed by atoms with Crippen molar-refractivity contribution in [1.82, 2.24) is 10.6 Å². The third-order valence-corrected chi connectivity index (χ3v) is 7.39. The molecule has 36 heavy (non-hydrogen) atoms. The van der Waals surface area contributed by atoms with E-state index in [1.165, 1.54) is 0 Å². The van der Waals surface area contributed by atoms with Crippen molar-refractivity contribution < 1.29 is 20.2 Å². The molecule has 7 heteroatoms. The van der Waals surface area contributed by atoms with E-state index in [0.717, 1.165) is 36.3 Å². The van der Waals surface area contributed by atoms with Crippen LogP contribution in [0.3, 0.4) is 0 Å². The van der Waals surface area contributed by atoms with E-state index < -0.39 is 0 Å². The zero-order chi connectivity index (χ0) is 25.6. The van der Waals surface area contributed by atoms with E-state index in [-0.39, 0.29) is 35.2 Å². The lowest BCUT2D eigenvalue weighted by molar-refractivity contribution is -0.123. The maximum atomic E-state index is 12.7. The lowest BCUT2D eigenvalue weighted by atomic mass is 9.68. The SMILES string of the molecule is CCC(=O)NC(CC(=O)NCC(C)C)c1ccccc1N1CCC(C)(c2cccc(O)c2)C(C)C1.O. The minimum Gasteiger partial charge on any atom is -0.508 e. The van der Waals surface area contributed by atoms with Gasteiger partial charge in [-0.3, -0.25) is 9.59 Å². The Morgan fingerprint density at radius 2 is 1.86 bits per heavy atom. The molecule has 0 radical (unpaired) electrons. The van der Waals surface area contributed by atoms with E-state index in [4.69, 9.17) is 0 Å². The van der Waals surface area contributed by atoms with Crippen molar-refractivity contribution in [3.63, 3.8) is 0 Å². The summed E-state index contributed by atoms with van der Waals surface area (Å²) in [6.45, 7) is 12.8. The van der Waals surface area contributed by atoms with Gasteiger partial charge in [-0.15, -0.1) is 0 Å². The first-order valence-corrected chi connectivity index (χ1v) is 12.8. The van der Waals surface area contributed by atoms with Crippen LogP contribution < -0.4 is 15.5 Å². The molecule has 1 heterocycles. The Kier molecular flexibility index (Phi) is 10.3. The van der Waals surface area contributed by atoms with Gasteiger partial charge in [0.15, 0.2) is 0 Å². The Labute approximate surface area is 215 Å². The Bertz CT molecular complexity index is 1030.